The SMILES string of the molecule is CCN(CC)C(=O)Oc1cc2ccccc2c(-c2c(O)ccc3ccccc23)c1O. The lowest BCUT2D eigenvalue weighted by molar-refractivity contribution is 0.156. The molecular weight excluding hydrogens is 378 g/mol. The highest BCUT2D eigenvalue weighted by Crippen LogP contribution is 2.48. The van der Waals surface area contributed by atoms with E-state index in [4.69, 9.17) is 4.74 Å². The van der Waals surface area contributed by atoms with Crippen molar-refractivity contribution in [2.24, 2.45) is 0 Å². The molecule has 4 aromatic rings. The Morgan fingerprint density at radius 3 is 2.10 bits per heavy atom. The van der Waals surface area contributed by atoms with Crippen LogP contribution in [0.15, 0.2) is 66.7 Å². The number of carbonyl (C=O) groups is 1. The first kappa shape index (κ1) is 19.6. The molecule has 30 heavy (non-hydrogen) atoms. The summed E-state index contributed by atoms with van der Waals surface area (Å²) in [6.45, 7) is 4.73. The number of phenols is 2. The van der Waals surface area contributed by atoms with E-state index in [1.165, 1.54) is 4.90 Å². The van der Waals surface area contributed by atoms with Crippen molar-refractivity contribution < 1.29 is 19.7 Å². The zero-order valence-electron chi connectivity index (χ0n) is 16.9. The second-order valence-corrected chi connectivity index (χ2v) is 7.04. The van der Waals surface area contributed by atoms with Gasteiger partial charge in [-0.1, -0.05) is 54.6 Å². The highest BCUT2D eigenvalue weighted by Gasteiger charge is 2.22. The lowest BCUT2D eigenvalue weighted by Crippen LogP contribution is -2.33. The second kappa shape index (κ2) is 7.95. The number of nitrogens with zero attached hydrogens (tertiary/aromatic N) is 1. The smallest absolute Gasteiger partial charge is 0.415 e. The molecule has 4 aromatic carbocycles. The van der Waals surface area contributed by atoms with Crippen LogP contribution < -0.4 is 4.74 Å². The molecule has 0 aromatic heterocycles. The molecule has 2 N–H and O–H groups in total. The summed E-state index contributed by atoms with van der Waals surface area (Å²) < 4.78 is 5.57. The average molecular weight is 401 g/mol. The maximum atomic E-state index is 12.5. The molecule has 0 atom stereocenters. The third-order valence-electron chi connectivity index (χ3n) is 5.36. The largest absolute Gasteiger partial charge is 0.507 e. The van der Waals surface area contributed by atoms with E-state index in [1.54, 1.807) is 12.1 Å². The minimum Gasteiger partial charge on any atom is -0.507 e. The van der Waals surface area contributed by atoms with Gasteiger partial charge in [-0.15, -0.1) is 0 Å². The van der Waals surface area contributed by atoms with Gasteiger partial charge in [0.1, 0.15) is 5.75 Å². The summed E-state index contributed by atoms with van der Waals surface area (Å²) >= 11 is 0. The summed E-state index contributed by atoms with van der Waals surface area (Å²) in [6, 6.07) is 20.2. The first-order chi connectivity index (χ1) is 14.5. The van der Waals surface area contributed by atoms with Crippen LogP contribution in [0.5, 0.6) is 17.2 Å². The number of carbonyl (C=O) groups excluding carboxylic acids is 1. The molecule has 0 radical (unpaired) electrons. The number of phenolic OH excluding ortho intramolecular Hbond substituents is 2. The molecule has 1 amide bonds. The van der Waals surface area contributed by atoms with E-state index in [2.05, 4.69) is 0 Å². The minimum atomic E-state index is -0.529. The van der Waals surface area contributed by atoms with Crippen LogP contribution in [0.4, 0.5) is 4.79 Å². The predicted molar refractivity (Wildman–Crippen MR) is 119 cm³/mol. The molecule has 5 nitrogen and oxygen atoms in total. The molecule has 0 saturated carbocycles. The summed E-state index contributed by atoms with van der Waals surface area (Å²) in [4.78, 5) is 14.1. The Bertz CT molecular complexity index is 1240. The molecule has 152 valence electrons. The summed E-state index contributed by atoms with van der Waals surface area (Å²) in [6.07, 6.45) is -0.529. The molecule has 0 saturated heterocycles. The van der Waals surface area contributed by atoms with Gasteiger partial charge in [0.25, 0.3) is 0 Å². The molecule has 0 bridgehead atoms. The van der Waals surface area contributed by atoms with E-state index < -0.39 is 6.09 Å². The molecule has 0 aliphatic rings. The van der Waals surface area contributed by atoms with Crippen molar-refractivity contribution in [1.29, 1.82) is 0 Å². The van der Waals surface area contributed by atoms with Gasteiger partial charge in [-0.2, -0.15) is 0 Å². The fraction of sp³-hybridized carbons (Fsp3) is 0.160. The zero-order chi connectivity index (χ0) is 21.3. The summed E-state index contributed by atoms with van der Waals surface area (Å²) in [5, 5.41) is 25.2. The van der Waals surface area contributed by atoms with Crippen molar-refractivity contribution in [3.63, 3.8) is 0 Å². The van der Waals surface area contributed by atoms with Gasteiger partial charge in [0, 0.05) is 24.2 Å². The molecular formula is C25H23NO4. The maximum absolute atomic E-state index is 12.5. The Kier molecular flexibility index (Phi) is 5.19. The van der Waals surface area contributed by atoms with Crippen LogP contribution in [0.3, 0.4) is 0 Å². The number of hydrogen-bond acceptors (Lipinski definition) is 4. The predicted octanol–water partition coefficient (Wildman–Crippen LogP) is 5.91. The molecule has 0 fully saturated rings. The Labute approximate surface area is 174 Å². The Balaban J connectivity index is 2.00. The van der Waals surface area contributed by atoms with E-state index >= 15 is 0 Å². The quantitative estimate of drug-likeness (QED) is 0.446. The van der Waals surface area contributed by atoms with E-state index in [0.717, 1.165) is 21.5 Å². The van der Waals surface area contributed by atoms with Gasteiger partial charge < -0.3 is 19.8 Å². The van der Waals surface area contributed by atoms with Crippen LogP contribution in [0, 0.1) is 0 Å². The molecule has 0 aliphatic heterocycles. The lowest BCUT2D eigenvalue weighted by atomic mass is 9.92. The highest BCUT2D eigenvalue weighted by molar-refractivity contribution is 6.10. The Morgan fingerprint density at radius 2 is 1.43 bits per heavy atom. The third kappa shape index (κ3) is 3.28. The first-order valence-electron chi connectivity index (χ1n) is 9.97. The van der Waals surface area contributed by atoms with Crippen LogP contribution in [0.1, 0.15) is 13.8 Å². The van der Waals surface area contributed by atoms with Gasteiger partial charge in [0.05, 0.1) is 0 Å². The number of benzene rings is 4. The van der Waals surface area contributed by atoms with Crippen LogP contribution in [-0.4, -0.2) is 34.3 Å². The first-order valence-corrected chi connectivity index (χ1v) is 9.97. The van der Waals surface area contributed by atoms with Crippen LogP contribution in [0.25, 0.3) is 32.7 Å². The number of rotatable bonds is 4. The molecule has 0 heterocycles. The number of aromatic hydroxyl groups is 2. The normalized spacial score (nSPS) is 11.0. The van der Waals surface area contributed by atoms with Crippen LogP contribution in [-0.2, 0) is 0 Å². The van der Waals surface area contributed by atoms with Gasteiger partial charge >= 0.3 is 6.09 Å². The average Bonchev–Trinajstić information content (AvgIpc) is 2.76. The number of amides is 1. The van der Waals surface area contributed by atoms with Gasteiger partial charge in [0.15, 0.2) is 11.5 Å². The third-order valence-corrected chi connectivity index (χ3v) is 5.36. The van der Waals surface area contributed by atoms with Crippen molar-refractivity contribution in [2.45, 2.75) is 13.8 Å². The van der Waals surface area contributed by atoms with Crippen molar-refractivity contribution in [3.05, 3.63) is 66.7 Å². The molecule has 4 rings (SSSR count). The fourth-order valence-corrected chi connectivity index (χ4v) is 3.80. The molecule has 0 aliphatic carbocycles. The topological polar surface area (TPSA) is 70.0 Å². The second-order valence-electron chi connectivity index (χ2n) is 7.04. The van der Waals surface area contributed by atoms with Crippen molar-refractivity contribution in [2.75, 3.05) is 13.1 Å². The van der Waals surface area contributed by atoms with Crippen molar-refractivity contribution in [3.8, 4) is 28.4 Å². The molecule has 0 spiro atoms. The van der Waals surface area contributed by atoms with E-state index in [-0.39, 0.29) is 17.2 Å². The van der Waals surface area contributed by atoms with Gasteiger partial charge in [-0.05, 0) is 47.5 Å². The van der Waals surface area contributed by atoms with Gasteiger partial charge in [0.2, 0.25) is 0 Å². The summed E-state index contributed by atoms with van der Waals surface area (Å²) in [5.74, 6) is -0.0739. The van der Waals surface area contributed by atoms with E-state index in [0.29, 0.717) is 24.2 Å². The van der Waals surface area contributed by atoms with Crippen LogP contribution in [0.2, 0.25) is 0 Å². The van der Waals surface area contributed by atoms with Crippen LogP contribution >= 0.6 is 0 Å². The number of hydrogen-bond donors (Lipinski definition) is 2. The fourth-order valence-electron chi connectivity index (χ4n) is 3.80. The van der Waals surface area contributed by atoms with Crippen molar-refractivity contribution >= 4 is 27.6 Å². The number of fused-ring (bicyclic) bond motifs is 2. The maximum Gasteiger partial charge on any atom is 0.415 e. The highest BCUT2D eigenvalue weighted by atomic mass is 16.6. The summed E-state index contributed by atoms with van der Waals surface area (Å²) in [7, 11) is 0. The lowest BCUT2D eigenvalue weighted by Gasteiger charge is -2.20. The van der Waals surface area contributed by atoms with E-state index in [1.807, 2.05) is 68.4 Å². The van der Waals surface area contributed by atoms with Crippen molar-refractivity contribution in [1.82, 2.24) is 4.90 Å². The summed E-state index contributed by atoms with van der Waals surface area (Å²) in [5.41, 5.74) is 0.937. The minimum absolute atomic E-state index is 0.0429. The molecule has 5 heteroatoms. The van der Waals surface area contributed by atoms with E-state index in [9.17, 15) is 15.0 Å². The molecule has 0 unspecified atom stereocenters. The number of ether oxygens (including phenoxy) is 1. The Morgan fingerprint density at radius 1 is 0.833 bits per heavy atom. The standard InChI is InChI=1S/C25H23NO4/c1-3-26(4-2)25(29)30-21-15-17-10-6-8-12-19(17)23(24(21)28)22-18-11-7-5-9-16(18)13-14-20(22)27/h5-15,27-28H,3-4H2,1-2H3. The zero-order valence-corrected chi connectivity index (χ0v) is 16.9. The monoisotopic (exact) mass is 401 g/mol. The van der Waals surface area contributed by atoms with Gasteiger partial charge in [-0.3, -0.25) is 0 Å². The van der Waals surface area contributed by atoms with Gasteiger partial charge in [-0.25, -0.2) is 4.79 Å². The Hall–Kier alpha value is -3.73.